The summed E-state index contributed by atoms with van der Waals surface area (Å²) in [4.78, 5) is 15.7. The summed E-state index contributed by atoms with van der Waals surface area (Å²) in [6.45, 7) is 0. The van der Waals surface area contributed by atoms with E-state index in [1.807, 2.05) is 35.6 Å². The molecule has 0 saturated carbocycles. The molecule has 0 atom stereocenters. The van der Waals surface area contributed by atoms with Gasteiger partial charge in [0.15, 0.2) is 5.82 Å². The van der Waals surface area contributed by atoms with Crippen LogP contribution in [0.1, 0.15) is 0 Å². The lowest BCUT2D eigenvalue weighted by Crippen LogP contribution is -1.96. The summed E-state index contributed by atoms with van der Waals surface area (Å²) >= 11 is 1.86. The van der Waals surface area contributed by atoms with Crippen LogP contribution >= 0.6 is 11.3 Å². The highest BCUT2D eigenvalue weighted by atomic mass is 32.1. The van der Waals surface area contributed by atoms with E-state index in [0.717, 1.165) is 61.5 Å². The molecule has 0 saturated heterocycles. The SMILES string of the molecule is c1ccc(-c2cccc(-c3cc(-c4ccc(-c5cccc(-c6nc7c8ccccc8ccc7c7sc8ccccc8c67)c5)cc4)nc(-c4ccccc4)n3)c2)cc1. The van der Waals surface area contributed by atoms with Crippen molar-refractivity contribution in [1.82, 2.24) is 15.0 Å². The second-order valence-electron chi connectivity index (χ2n) is 14.4. The Kier molecular flexibility index (Phi) is 8.01. The molecule has 3 nitrogen and oxygen atoms in total. The van der Waals surface area contributed by atoms with Crippen LogP contribution in [-0.2, 0) is 0 Å². The summed E-state index contributed by atoms with van der Waals surface area (Å²) in [5.74, 6) is 0.702. The van der Waals surface area contributed by atoms with Crippen LogP contribution in [0.25, 0.3) is 109 Å². The minimum atomic E-state index is 0.702. The summed E-state index contributed by atoms with van der Waals surface area (Å²) in [6, 6.07) is 70.7. The number of rotatable bonds is 6. The molecule has 4 heteroatoms. The van der Waals surface area contributed by atoms with Crippen LogP contribution in [0.3, 0.4) is 0 Å². The highest BCUT2D eigenvalue weighted by molar-refractivity contribution is 7.26. The van der Waals surface area contributed by atoms with Crippen molar-refractivity contribution in [3.8, 4) is 67.4 Å². The van der Waals surface area contributed by atoms with Crippen LogP contribution in [0, 0.1) is 0 Å². The third kappa shape index (κ3) is 5.95. The molecule has 0 amide bonds. The van der Waals surface area contributed by atoms with E-state index in [9.17, 15) is 0 Å². The molecule has 8 aromatic carbocycles. The maximum absolute atomic E-state index is 5.49. The van der Waals surface area contributed by atoms with Crippen molar-refractivity contribution in [2.75, 3.05) is 0 Å². The average molecular weight is 744 g/mol. The first-order valence-corrected chi connectivity index (χ1v) is 20.0. The zero-order chi connectivity index (χ0) is 37.7. The average Bonchev–Trinajstić information content (AvgIpc) is 3.69. The van der Waals surface area contributed by atoms with E-state index in [4.69, 9.17) is 15.0 Å². The summed E-state index contributed by atoms with van der Waals surface area (Å²) in [6.07, 6.45) is 0. The molecule has 0 spiro atoms. The van der Waals surface area contributed by atoms with Gasteiger partial charge in [0.05, 0.1) is 22.6 Å². The smallest absolute Gasteiger partial charge is 0.160 e. The van der Waals surface area contributed by atoms with Crippen LogP contribution in [0.4, 0.5) is 0 Å². The lowest BCUT2D eigenvalue weighted by Gasteiger charge is -2.12. The van der Waals surface area contributed by atoms with Crippen LogP contribution in [-0.4, -0.2) is 15.0 Å². The van der Waals surface area contributed by atoms with Crippen molar-refractivity contribution < 1.29 is 0 Å². The maximum atomic E-state index is 5.49. The fourth-order valence-corrected chi connectivity index (χ4v) is 9.26. The molecule has 0 aliphatic rings. The molecule has 3 aromatic heterocycles. The van der Waals surface area contributed by atoms with Gasteiger partial charge in [-0.3, -0.25) is 0 Å². The second-order valence-corrected chi connectivity index (χ2v) is 15.4. The first-order valence-electron chi connectivity index (χ1n) is 19.2. The van der Waals surface area contributed by atoms with Gasteiger partial charge in [-0.05, 0) is 51.9 Å². The quantitative estimate of drug-likeness (QED) is 0.159. The lowest BCUT2D eigenvalue weighted by molar-refractivity contribution is 1.18. The van der Waals surface area contributed by atoms with E-state index in [1.54, 1.807) is 0 Å². The number of nitrogens with zero attached hydrogens (tertiary/aromatic N) is 3. The molecular weight excluding hydrogens is 711 g/mol. The molecule has 11 rings (SSSR count). The van der Waals surface area contributed by atoms with E-state index < -0.39 is 0 Å². The second kappa shape index (κ2) is 13.8. The van der Waals surface area contributed by atoms with Gasteiger partial charge in [0.25, 0.3) is 0 Å². The number of benzene rings is 8. The molecule has 0 N–H and O–H groups in total. The number of aromatic nitrogens is 3. The third-order valence-electron chi connectivity index (χ3n) is 10.9. The van der Waals surface area contributed by atoms with Gasteiger partial charge in [0.1, 0.15) is 0 Å². The number of fused-ring (bicyclic) bond motifs is 7. The molecule has 0 aliphatic heterocycles. The van der Waals surface area contributed by atoms with Crippen molar-refractivity contribution in [1.29, 1.82) is 0 Å². The maximum Gasteiger partial charge on any atom is 0.160 e. The number of hydrogen-bond acceptors (Lipinski definition) is 4. The Labute approximate surface area is 334 Å². The molecule has 0 bridgehead atoms. The molecular formula is C53H33N3S. The predicted molar refractivity (Wildman–Crippen MR) is 240 cm³/mol. The van der Waals surface area contributed by atoms with Crippen LogP contribution in [0.2, 0.25) is 0 Å². The summed E-state index contributed by atoms with van der Waals surface area (Å²) in [5, 5.41) is 6.04. The molecule has 0 aliphatic carbocycles. The Morgan fingerprint density at radius 1 is 0.333 bits per heavy atom. The molecule has 11 aromatic rings. The van der Waals surface area contributed by atoms with Gasteiger partial charge in [-0.1, -0.05) is 176 Å². The Bertz CT molecular complexity index is 3280. The highest BCUT2D eigenvalue weighted by Gasteiger charge is 2.18. The van der Waals surface area contributed by atoms with Gasteiger partial charge < -0.3 is 0 Å². The van der Waals surface area contributed by atoms with E-state index >= 15 is 0 Å². The minimum Gasteiger partial charge on any atom is -0.246 e. The molecule has 0 radical (unpaired) electrons. The monoisotopic (exact) mass is 743 g/mol. The van der Waals surface area contributed by atoms with E-state index in [-0.39, 0.29) is 0 Å². The summed E-state index contributed by atoms with van der Waals surface area (Å²) < 4.78 is 2.55. The highest BCUT2D eigenvalue weighted by Crippen LogP contribution is 2.44. The van der Waals surface area contributed by atoms with Crippen molar-refractivity contribution in [3.05, 3.63) is 200 Å². The first-order chi connectivity index (χ1) is 28.2. The Morgan fingerprint density at radius 2 is 0.895 bits per heavy atom. The zero-order valence-corrected chi connectivity index (χ0v) is 31.6. The van der Waals surface area contributed by atoms with Crippen molar-refractivity contribution in [2.24, 2.45) is 0 Å². The van der Waals surface area contributed by atoms with Gasteiger partial charge in [0.2, 0.25) is 0 Å². The van der Waals surface area contributed by atoms with E-state index in [2.05, 4.69) is 176 Å². The Morgan fingerprint density at radius 3 is 1.67 bits per heavy atom. The van der Waals surface area contributed by atoms with Gasteiger partial charge in [0, 0.05) is 53.2 Å². The largest absolute Gasteiger partial charge is 0.246 e. The number of hydrogen-bond donors (Lipinski definition) is 0. The predicted octanol–water partition coefficient (Wildman–Crippen LogP) is 14.5. The van der Waals surface area contributed by atoms with Crippen molar-refractivity contribution in [3.63, 3.8) is 0 Å². The lowest BCUT2D eigenvalue weighted by atomic mass is 9.96. The minimum absolute atomic E-state index is 0.702. The van der Waals surface area contributed by atoms with Crippen molar-refractivity contribution >= 4 is 53.2 Å². The fourth-order valence-electron chi connectivity index (χ4n) is 8.03. The van der Waals surface area contributed by atoms with Crippen LogP contribution < -0.4 is 0 Å². The Hall–Kier alpha value is -7.27. The standard InChI is InChI=1S/C53H33N3S/c1-3-13-34(14-4-1)39-18-11-20-41(31-39)47-33-46(54-53(55-47)38-16-5-2-6-17-38)37-27-25-35(26-28-37)40-19-12-21-42(32-40)50-49-44-23-9-10-24-48(44)57-52(49)45-30-29-36-15-7-8-22-43(36)51(45)56-50/h1-33H. The van der Waals surface area contributed by atoms with Gasteiger partial charge in [-0.15, -0.1) is 11.3 Å². The summed E-state index contributed by atoms with van der Waals surface area (Å²) in [5.41, 5.74) is 12.6. The zero-order valence-electron chi connectivity index (χ0n) is 30.8. The van der Waals surface area contributed by atoms with Gasteiger partial charge in [-0.2, -0.15) is 0 Å². The van der Waals surface area contributed by atoms with E-state index in [1.165, 1.54) is 41.9 Å². The van der Waals surface area contributed by atoms with Gasteiger partial charge in [-0.25, -0.2) is 15.0 Å². The van der Waals surface area contributed by atoms with Crippen molar-refractivity contribution in [2.45, 2.75) is 0 Å². The molecule has 3 heterocycles. The number of thiophene rings is 1. The topological polar surface area (TPSA) is 38.7 Å². The van der Waals surface area contributed by atoms with Gasteiger partial charge >= 0.3 is 0 Å². The Balaban J connectivity index is 1.01. The number of pyridine rings is 1. The molecule has 0 fully saturated rings. The van der Waals surface area contributed by atoms with Crippen LogP contribution in [0.5, 0.6) is 0 Å². The normalized spacial score (nSPS) is 11.5. The van der Waals surface area contributed by atoms with E-state index in [0.29, 0.717) is 5.82 Å². The molecule has 57 heavy (non-hydrogen) atoms. The molecule has 0 unspecified atom stereocenters. The van der Waals surface area contributed by atoms with Crippen LogP contribution in [0.15, 0.2) is 200 Å². The third-order valence-corrected chi connectivity index (χ3v) is 12.1. The summed E-state index contributed by atoms with van der Waals surface area (Å²) in [7, 11) is 0. The fraction of sp³-hybridized carbons (Fsp3) is 0. The molecule has 266 valence electrons. The first kappa shape index (κ1) is 33.1.